The molecular formula is C9H18N2O3S. The number of nitrogens with two attached hydrogens (primary N) is 1. The van der Waals surface area contributed by atoms with Crippen molar-refractivity contribution in [2.75, 3.05) is 18.6 Å². The standard InChI is InChI=1S/C9H18N2O3S/c1-15(13,14)7-3-6-11-8(12)9(10)4-2-5-9/h2-7,10H2,1H3,(H,11,12). The quantitative estimate of drug-likeness (QED) is 0.623. The molecule has 0 saturated heterocycles. The average Bonchev–Trinajstić information content (AvgIpc) is 2.06. The Morgan fingerprint density at radius 1 is 1.47 bits per heavy atom. The van der Waals surface area contributed by atoms with Gasteiger partial charge in [-0.2, -0.15) is 0 Å². The molecular weight excluding hydrogens is 216 g/mol. The van der Waals surface area contributed by atoms with Crippen LogP contribution in [0.2, 0.25) is 0 Å². The first-order chi connectivity index (χ1) is 6.83. The maximum Gasteiger partial charge on any atom is 0.240 e. The number of carbonyl (C=O) groups excluding carboxylic acids is 1. The topological polar surface area (TPSA) is 89.3 Å². The van der Waals surface area contributed by atoms with E-state index in [4.69, 9.17) is 5.73 Å². The third-order valence-corrected chi connectivity index (χ3v) is 3.71. The predicted octanol–water partition coefficient (Wildman–Crippen LogP) is -0.581. The molecule has 1 rings (SSSR count). The van der Waals surface area contributed by atoms with Crippen LogP contribution in [0.25, 0.3) is 0 Å². The van der Waals surface area contributed by atoms with Crippen LogP contribution in [0.4, 0.5) is 0 Å². The second-order valence-electron chi connectivity index (χ2n) is 4.25. The van der Waals surface area contributed by atoms with Gasteiger partial charge in [0.2, 0.25) is 5.91 Å². The summed E-state index contributed by atoms with van der Waals surface area (Å²) in [5, 5.41) is 2.67. The molecule has 0 spiro atoms. The molecule has 0 heterocycles. The molecule has 0 aromatic rings. The summed E-state index contributed by atoms with van der Waals surface area (Å²) in [6.07, 6.45) is 4.08. The maximum absolute atomic E-state index is 11.5. The molecule has 0 unspecified atom stereocenters. The lowest BCUT2D eigenvalue weighted by Crippen LogP contribution is -2.58. The summed E-state index contributed by atoms with van der Waals surface area (Å²) >= 11 is 0. The second-order valence-corrected chi connectivity index (χ2v) is 6.51. The molecule has 1 aliphatic carbocycles. The lowest BCUT2D eigenvalue weighted by molar-refractivity contribution is -0.129. The number of nitrogens with one attached hydrogen (secondary N) is 1. The molecule has 0 bridgehead atoms. The zero-order chi connectivity index (χ0) is 11.5. The van der Waals surface area contributed by atoms with Crippen molar-refractivity contribution in [1.29, 1.82) is 0 Å². The summed E-state index contributed by atoms with van der Waals surface area (Å²) in [6, 6.07) is 0. The smallest absolute Gasteiger partial charge is 0.240 e. The summed E-state index contributed by atoms with van der Waals surface area (Å²) in [6.45, 7) is 0.380. The van der Waals surface area contributed by atoms with Crippen LogP contribution >= 0.6 is 0 Å². The van der Waals surface area contributed by atoms with E-state index in [1.807, 2.05) is 0 Å². The SMILES string of the molecule is CS(=O)(=O)CCCNC(=O)C1(N)CCC1. The zero-order valence-corrected chi connectivity index (χ0v) is 9.77. The molecule has 1 aliphatic rings. The Morgan fingerprint density at radius 2 is 2.07 bits per heavy atom. The van der Waals surface area contributed by atoms with E-state index in [0.29, 0.717) is 13.0 Å². The Hall–Kier alpha value is -0.620. The van der Waals surface area contributed by atoms with Gasteiger partial charge in [0.05, 0.1) is 11.3 Å². The van der Waals surface area contributed by atoms with Crippen LogP contribution in [-0.2, 0) is 14.6 Å². The number of carbonyl (C=O) groups is 1. The van der Waals surface area contributed by atoms with E-state index >= 15 is 0 Å². The second kappa shape index (κ2) is 4.49. The highest BCUT2D eigenvalue weighted by molar-refractivity contribution is 7.90. The van der Waals surface area contributed by atoms with E-state index in [2.05, 4.69) is 5.32 Å². The molecule has 88 valence electrons. The Bertz CT molecular complexity index is 333. The minimum atomic E-state index is -2.93. The highest BCUT2D eigenvalue weighted by Gasteiger charge is 2.39. The van der Waals surface area contributed by atoms with Crippen molar-refractivity contribution in [2.24, 2.45) is 5.73 Å². The summed E-state index contributed by atoms with van der Waals surface area (Å²) in [5.41, 5.74) is 5.09. The maximum atomic E-state index is 11.5. The predicted molar refractivity (Wildman–Crippen MR) is 58.1 cm³/mol. The summed E-state index contributed by atoms with van der Waals surface area (Å²) in [5.74, 6) is -0.0487. The number of hydrogen-bond donors (Lipinski definition) is 2. The molecule has 0 radical (unpaired) electrons. The van der Waals surface area contributed by atoms with Crippen LogP contribution in [0.3, 0.4) is 0 Å². The minimum Gasteiger partial charge on any atom is -0.354 e. The van der Waals surface area contributed by atoms with Crippen molar-refractivity contribution < 1.29 is 13.2 Å². The number of hydrogen-bond acceptors (Lipinski definition) is 4. The first kappa shape index (κ1) is 12.4. The number of amides is 1. The normalized spacial score (nSPS) is 19.3. The lowest BCUT2D eigenvalue weighted by atomic mass is 9.77. The van der Waals surface area contributed by atoms with Crippen LogP contribution in [0.1, 0.15) is 25.7 Å². The molecule has 15 heavy (non-hydrogen) atoms. The molecule has 3 N–H and O–H groups in total. The molecule has 6 heteroatoms. The fourth-order valence-corrected chi connectivity index (χ4v) is 2.17. The van der Waals surface area contributed by atoms with E-state index in [-0.39, 0.29) is 11.7 Å². The first-order valence-electron chi connectivity index (χ1n) is 5.08. The number of rotatable bonds is 5. The van der Waals surface area contributed by atoms with Gasteiger partial charge >= 0.3 is 0 Å². The van der Waals surface area contributed by atoms with Gasteiger partial charge in [-0.05, 0) is 25.7 Å². The van der Waals surface area contributed by atoms with Gasteiger partial charge in [-0.3, -0.25) is 4.79 Å². The first-order valence-corrected chi connectivity index (χ1v) is 7.14. The molecule has 1 saturated carbocycles. The van der Waals surface area contributed by atoms with Crippen molar-refractivity contribution in [2.45, 2.75) is 31.2 Å². The van der Waals surface area contributed by atoms with Crippen molar-refractivity contribution >= 4 is 15.7 Å². The van der Waals surface area contributed by atoms with Gasteiger partial charge in [0.15, 0.2) is 0 Å². The van der Waals surface area contributed by atoms with Gasteiger partial charge in [-0.25, -0.2) is 8.42 Å². The fraction of sp³-hybridized carbons (Fsp3) is 0.889. The summed E-state index contributed by atoms with van der Waals surface area (Å²) in [7, 11) is -2.93. The van der Waals surface area contributed by atoms with Crippen LogP contribution in [0.15, 0.2) is 0 Å². The molecule has 1 amide bonds. The molecule has 0 aliphatic heterocycles. The van der Waals surface area contributed by atoms with Crippen LogP contribution in [0.5, 0.6) is 0 Å². The van der Waals surface area contributed by atoms with E-state index in [0.717, 1.165) is 19.3 Å². The van der Waals surface area contributed by atoms with Crippen LogP contribution < -0.4 is 11.1 Å². The van der Waals surface area contributed by atoms with E-state index < -0.39 is 15.4 Å². The molecule has 5 nitrogen and oxygen atoms in total. The van der Waals surface area contributed by atoms with Crippen LogP contribution in [0, 0.1) is 0 Å². The van der Waals surface area contributed by atoms with Gasteiger partial charge in [0.25, 0.3) is 0 Å². The zero-order valence-electron chi connectivity index (χ0n) is 8.95. The number of sulfone groups is 1. The van der Waals surface area contributed by atoms with E-state index in [1.54, 1.807) is 0 Å². The molecule has 1 fully saturated rings. The van der Waals surface area contributed by atoms with Crippen molar-refractivity contribution in [3.05, 3.63) is 0 Å². The summed E-state index contributed by atoms with van der Waals surface area (Å²) < 4.78 is 21.6. The third-order valence-electron chi connectivity index (χ3n) is 2.68. The average molecular weight is 234 g/mol. The Kier molecular flexibility index (Phi) is 3.72. The van der Waals surface area contributed by atoms with Gasteiger partial charge in [-0.1, -0.05) is 0 Å². The Morgan fingerprint density at radius 3 is 2.47 bits per heavy atom. The fourth-order valence-electron chi connectivity index (χ4n) is 1.50. The van der Waals surface area contributed by atoms with Crippen LogP contribution in [-0.4, -0.2) is 38.4 Å². The van der Waals surface area contributed by atoms with Gasteiger partial charge < -0.3 is 11.1 Å². The van der Waals surface area contributed by atoms with Crippen molar-refractivity contribution in [1.82, 2.24) is 5.32 Å². The van der Waals surface area contributed by atoms with Gasteiger partial charge in [0.1, 0.15) is 9.84 Å². The van der Waals surface area contributed by atoms with E-state index in [9.17, 15) is 13.2 Å². The monoisotopic (exact) mass is 234 g/mol. The molecule has 0 aromatic carbocycles. The lowest BCUT2D eigenvalue weighted by Gasteiger charge is -2.36. The highest BCUT2D eigenvalue weighted by atomic mass is 32.2. The largest absolute Gasteiger partial charge is 0.354 e. The Balaban J connectivity index is 2.18. The summed E-state index contributed by atoms with van der Waals surface area (Å²) in [4.78, 5) is 11.5. The molecule has 0 atom stereocenters. The van der Waals surface area contributed by atoms with Gasteiger partial charge in [-0.15, -0.1) is 0 Å². The van der Waals surface area contributed by atoms with E-state index in [1.165, 1.54) is 6.26 Å². The van der Waals surface area contributed by atoms with Crippen molar-refractivity contribution in [3.8, 4) is 0 Å². The minimum absolute atomic E-state index is 0.102. The van der Waals surface area contributed by atoms with Crippen molar-refractivity contribution in [3.63, 3.8) is 0 Å². The highest BCUT2D eigenvalue weighted by Crippen LogP contribution is 2.28. The third kappa shape index (κ3) is 3.79. The Labute approximate surface area is 90.3 Å². The molecule has 0 aromatic heterocycles. The van der Waals surface area contributed by atoms with Gasteiger partial charge in [0, 0.05) is 12.8 Å².